The normalized spacial score (nSPS) is 12.3. The van der Waals surface area contributed by atoms with Crippen molar-refractivity contribution in [3.8, 4) is 5.75 Å². The summed E-state index contributed by atoms with van der Waals surface area (Å²) >= 11 is 0. The molecular weight excluding hydrogens is 338 g/mol. The molecule has 0 aliphatic heterocycles. The Kier molecular flexibility index (Phi) is 5.79. The summed E-state index contributed by atoms with van der Waals surface area (Å²) in [7, 11) is 1.65. The first-order valence-electron chi connectivity index (χ1n) is 9.32. The molecule has 0 spiro atoms. The second kappa shape index (κ2) is 8.25. The molecule has 0 bridgehead atoms. The molecule has 0 radical (unpaired) electrons. The number of benzene rings is 1. The van der Waals surface area contributed by atoms with E-state index in [1.54, 1.807) is 7.11 Å². The van der Waals surface area contributed by atoms with Crippen molar-refractivity contribution in [2.75, 3.05) is 13.7 Å². The number of pyridine rings is 1. The van der Waals surface area contributed by atoms with Gasteiger partial charge in [-0.15, -0.1) is 0 Å². The van der Waals surface area contributed by atoms with Crippen molar-refractivity contribution in [3.63, 3.8) is 0 Å². The molecule has 5 heteroatoms. The third-order valence-electron chi connectivity index (χ3n) is 4.65. The summed E-state index contributed by atoms with van der Waals surface area (Å²) in [6.45, 7) is 6.91. The van der Waals surface area contributed by atoms with Gasteiger partial charge in [-0.2, -0.15) is 0 Å². The van der Waals surface area contributed by atoms with Crippen LogP contribution < -0.4 is 10.1 Å². The average molecular weight is 365 g/mol. The lowest BCUT2D eigenvalue weighted by Gasteiger charge is -2.18. The number of methoxy groups -OCH3 is 1. The van der Waals surface area contributed by atoms with Gasteiger partial charge in [0.25, 0.3) is 0 Å². The molecule has 0 saturated carbocycles. The van der Waals surface area contributed by atoms with E-state index >= 15 is 0 Å². The summed E-state index contributed by atoms with van der Waals surface area (Å²) in [6, 6.07) is 12.0. The number of carbonyl (C=O) groups is 1. The number of aromatic nitrogens is 2. The van der Waals surface area contributed by atoms with Gasteiger partial charge in [-0.3, -0.25) is 4.79 Å². The van der Waals surface area contributed by atoms with E-state index in [4.69, 9.17) is 4.74 Å². The summed E-state index contributed by atoms with van der Waals surface area (Å²) in [6.07, 6.45) is 4.25. The number of rotatable bonds is 7. The van der Waals surface area contributed by atoms with Crippen molar-refractivity contribution < 1.29 is 9.53 Å². The van der Waals surface area contributed by atoms with Crippen LogP contribution in [0, 0.1) is 12.8 Å². The number of nitrogens with one attached hydrogen (secondary N) is 1. The summed E-state index contributed by atoms with van der Waals surface area (Å²) < 4.78 is 7.45. The van der Waals surface area contributed by atoms with Crippen LogP contribution in [0.4, 0.5) is 0 Å². The Morgan fingerprint density at radius 1 is 1.26 bits per heavy atom. The molecule has 142 valence electrons. The van der Waals surface area contributed by atoms with Crippen molar-refractivity contribution in [2.45, 2.75) is 33.1 Å². The molecule has 2 heterocycles. The van der Waals surface area contributed by atoms with E-state index in [2.05, 4.69) is 34.6 Å². The monoisotopic (exact) mass is 365 g/mol. The fraction of sp³-hybridized carbons (Fsp3) is 0.364. The largest absolute Gasteiger partial charge is 0.497 e. The average Bonchev–Trinajstić information content (AvgIpc) is 3.07. The molecule has 2 aromatic heterocycles. The van der Waals surface area contributed by atoms with Gasteiger partial charge >= 0.3 is 0 Å². The van der Waals surface area contributed by atoms with E-state index in [1.165, 1.54) is 0 Å². The van der Waals surface area contributed by atoms with Gasteiger partial charge in [-0.05, 0) is 48.2 Å². The third kappa shape index (κ3) is 4.48. The first-order chi connectivity index (χ1) is 13.0. The van der Waals surface area contributed by atoms with Crippen LogP contribution in [-0.2, 0) is 4.79 Å². The van der Waals surface area contributed by atoms with Gasteiger partial charge in [0.15, 0.2) is 0 Å². The molecular formula is C22H27N3O2. The molecule has 1 aromatic carbocycles. The number of aryl methyl sites for hydroxylation is 1. The summed E-state index contributed by atoms with van der Waals surface area (Å²) in [4.78, 5) is 17.1. The van der Waals surface area contributed by atoms with E-state index < -0.39 is 0 Å². The highest BCUT2D eigenvalue weighted by Gasteiger charge is 2.22. The highest BCUT2D eigenvalue weighted by Crippen LogP contribution is 2.31. The quantitative estimate of drug-likeness (QED) is 0.690. The zero-order valence-corrected chi connectivity index (χ0v) is 16.4. The predicted octanol–water partition coefficient (Wildman–Crippen LogP) is 3.95. The van der Waals surface area contributed by atoms with Crippen LogP contribution >= 0.6 is 0 Å². The van der Waals surface area contributed by atoms with Gasteiger partial charge in [0, 0.05) is 31.3 Å². The Morgan fingerprint density at radius 3 is 2.81 bits per heavy atom. The van der Waals surface area contributed by atoms with E-state index in [9.17, 15) is 4.79 Å². The van der Waals surface area contributed by atoms with Crippen molar-refractivity contribution in [2.24, 2.45) is 5.92 Å². The fourth-order valence-electron chi connectivity index (χ4n) is 3.19. The van der Waals surface area contributed by atoms with E-state index in [0.717, 1.165) is 28.2 Å². The zero-order chi connectivity index (χ0) is 19.4. The Bertz CT molecular complexity index is 930. The molecule has 1 N–H and O–H groups in total. The number of ether oxygens (including phenoxy) is 1. The van der Waals surface area contributed by atoms with Gasteiger partial charge < -0.3 is 14.5 Å². The molecule has 0 unspecified atom stereocenters. The van der Waals surface area contributed by atoms with E-state index in [1.807, 2.05) is 49.6 Å². The molecule has 0 aliphatic rings. The molecule has 27 heavy (non-hydrogen) atoms. The smallest absolute Gasteiger partial charge is 0.221 e. The van der Waals surface area contributed by atoms with Crippen LogP contribution in [0.3, 0.4) is 0 Å². The minimum absolute atomic E-state index is 0.0404. The van der Waals surface area contributed by atoms with Crippen molar-refractivity contribution in [1.82, 2.24) is 14.7 Å². The highest BCUT2D eigenvalue weighted by atomic mass is 16.5. The standard InChI is InChI=1S/C22H27N3O2/c1-15(2)13-24-22(26)12-19(17-6-5-7-18(11-17)27-4)20-14-23-21-10-16(3)8-9-25(20)21/h5-11,14-15,19H,12-13H2,1-4H3,(H,24,26)/t19-/m1/s1. The van der Waals surface area contributed by atoms with Gasteiger partial charge in [-0.1, -0.05) is 26.0 Å². The van der Waals surface area contributed by atoms with Gasteiger partial charge in [-0.25, -0.2) is 4.98 Å². The number of fused-ring (bicyclic) bond motifs is 1. The van der Waals surface area contributed by atoms with Gasteiger partial charge in [0.05, 0.1) is 12.8 Å². The number of hydrogen-bond donors (Lipinski definition) is 1. The molecule has 3 rings (SSSR count). The molecule has 0 aliphatic carbocycles. The summed E-state index contributed by atoms with van der Waals surface area (Å²) in [5, 5.41) is 3.03. The molecule has 0 saturated heterocycles. The first kappa shape index (κ1) is 19.0. The Labute approximate surface area is 160 Å². The topological polar surface area (TPSA) is 55.6 Å². The minimum Gasteiger partial charge on any atom is -0.497 e. The molecule has 0 fully saturated rings. The third-order valence-corrected chi connectivity index (χ3v) is 4.65. The van der Waals surface area contributed by atoms with Crippen LogP contribution in [-0.4, -0.2) is 28.9 Å². The molecule has 1 atom stereocenters. The Morgan fingerprint density at radius 2 is 2.07 bits per heavy atom. The lowest BCUT2D eigenvalue weighted by molar-refractivity contribution is -0.121. The molecule has 3 aromatic rings. The molecule has 5 nitrogen and oxygen atoms in total. The van der Waals surface area contributed by atoms with Crippen LogP contribution in [0.25, 0.3) is 5.65 Å². The first-order valence-corrected chi connectivity index (χ1v) is 9.32. The van der Waals surface area contributed by atoms with Crippen molar-refractivity contribution in [1.29, 1.82) is 0 Å². The minimum atomic E-state index is -0.107. The van der Waals surface area contributed by atoms with Crippen molar-refractivity contribution in [3.05, 3.63) is 65.6 Å². The SMILES string of the molecule is COc1cccc([C@@H](CC(=O)NCC(C)C)c2cnc3cc(C)ccn23)c1. The number of amides is 1. The fourth-order valence-corrected chi connectivity index (χ4v) is 3.19. The van der Waals surface area contributed by atoms with Gasteiger partial charge in [0.1, 0.15) is 11.4 Å². The number of imidazole rings is 1. The lowest BCUT2D eigenvalue weighted by Crippen LogP contribution is -2.29. The van der Waals surface area contributed by atoms with Crippen LogP contribution in [0.15, 0.2) is 48.8 Å². The molecule has 1 amide bonds. The number of hydrogen-bond acceptors (Lipinski definition) is 3. The Balaban J connectivity index is 1.99. The lowest BCUT2D eigenvalue weighted by atomic mass is 9.92. The van der Waals surface area contributed by atoms with E-state index in [-0.39, 0.29) is 11.8 Å². The van der Waals surface area contributed by atoms with Crippen molar-refractivity contribution >= 4 is 11.6 Å². The second-order valence-corrected chi connectivity index (χ2v) is 7.35. The summed E-state index contributed by atoms with van der Waals surface area (Å²) in [5.41, 5.74) is 4.09. The maximum Gasteiger partial charge on any atom is 0.221 e. The van der Waals surface area contributed by atoms with Crippen LogP contribution in [0.5, 0.6) is 5.75 Å². The van der Waals surface area contributed by atoms with E-state index in [0.29, 0.717) is 18.9 Å². The Hall–Kier alpha value is -2.82. The maximum atomic E-state index is 12.6. The second-order valence-electron chi connectivity index (χ2n) is 7.35. The number of nitrogens with zero attached hydrogens (tertiary/aromatic N) is 2. The predicted molar refractivity (Wildman–Crippen MR) is 107 cm³/mol. The summed E-state index contributed by atoms with van der Waals surface area (Å²) in [5.74, 6) is 1.14. The van der Waals surface area contributed by atoms with Crippen LogP contribution in [0.1, 0.15) is 43.0 Å². The maximum absolute atomic E-state index is 12.6. The van der Waals surface area contributed by atoms with Gasteiger partial charge in [0.2, 0.25) is 5.91 Å². The zero-order valence-electron chi connectivity index (χ0n) is 16.4. The highest BCUT2D eigenvalue weighted by molar-refractivity contribution is 5.77. The number of carbonyl (C=O) groups excluding carboxylic acids is 1. The van der Waals surface area contributed by atoms with Crippen LogP contribution in [0.2, 0.25) is 0 Å².